The summed E-state index contributed by atoms with van der Waals surface area (Å²) in [5.41, 5.74) is 1.10. The summed E-state index contributed by atoms with van der Waals surface area (Å²) in [6.45, 7) is 0. The molecule has 0 aromatic heterocycles. The Labute approximate surface area is 87.4 Å². The Balaban J connectivity index is 1.88. The first-order valence-corrected chi connectivity index (χ1v) is 5.96. The van der Waals surface area contributed by atoms with Crippen LogP contribution in [0.15, 0.2) is 35.3 Å². The zero-order chi connectivity index (χ0) is 9.38. The average molecular weight is 205 g/mol. The number of rotatable bonds is 1. The minimum atomic E-state index is 0.329. The number of thioether (sulfide) groups is 1. The molecule has 1 aromatic rings. The molecule has 0 bridgehead atoms. The van der Waals surface area contributed by atoms with Crippen molar-refractivity contribution in [1.29, 1.82) is 0 Å². The van der Waals surface area contributed by atoms with Gasteiger partial charge in [0, 0.05) is 17.1 Å². The second-order valence-corrected chi connectivity index (χ2v) is 4.64. The molecule has 2 nitrogen and oxygen atoms in total. The van der Waals surface area contributed by atoms with Crippen molar-refractivity contribution in [2.45, 2.75) is 12.1 Å². The summed E-state index contributed by atoms with van der Waals surface area (Å²) in [6.07, 6.45) is 0.329. The van der Waals surface area contributed by atoms with Crippen LogP contribution in [-0.2, 0) is 4.74 Å². The van der Waals surface area contributed by atoms with E-state index in [4.69, 9.17) is 4.74 Å². The van der Waals surface area contributed by atoms with Gasteiger partial charge in [-0.25, -0.2) is 4.99 Å². The van der Waals surface area contributed by atoms with Crippen molar-refractivity contribution in [2.24, 2.45) is 4.99 Å². The van der Waals surface area contributed by atoms with Crippen LogP contribution in [0.5, 0.6) is 0 Å². The van der Waals surface area contributed by atoms with Crippen molar-refractivity contribution in [3.8, 4) is 0 Å². The van der Waals surface area contributed by atoms with Gasteiger partial charge in [-0.3, -0.25) is 0 Å². The van der Waals surface area contributed by atoms with Crippen molar-refractivity contribution in [2.75, 3.05) is 11.5 Å². The molecule has 2 aliphatic heterocycles. The van der Waals surface area contributed by atoms with Crippen LogP contribution in [0.4, 0.5) is 0 Å². The molecule has 0 radical (unpaired) electrons. The number of benzene rings is 1. The molecule has 0 amide bonds. The number of ether oxygens (including phenoxy) is 1. The highest BCUT2D eigenvalue weighted by molar-refractivity contribution is 7.99. The fourth-order valence-corrected chi connectivity index (χ4v) is 2.99. The first kappa shape index (κ1) is 8.36. The molecule has 2 atom stereocenters. The topological polar surface area (TPSA) is 21.6 Å². The van der Waals surface area contributed by atoms with Crippen LogP contribution in [0.1, 0.15) is 5.56 Å². The first-order chi connectivity index (χ1) is 6.93. The lowest BCUT2D eigenvalue weighted by Crippen LogP contribution is -2.19. The van der Waals surface area contributed by atoms with Crippen molar-refractivity contribution in [1.82, 2.24) is 0 Å². The maximum Gasteiger partial charge on any atom is 0.216 e. The van der Waals surface area contributed by atoms with E-state index in [1.54, 1.807) is 0 Å². The van der Waals surface area contributed by atoms with Gasteiger partial charge >= 0.3 is 0 Å². The molecule has 2 heterocycles. The SMILES string of the molecule is c1ccc(C2=N[C@@H]3CSC[C@@H]3O2)cc1. The predicted molar refractivity (Wildman–Crippen MR) is 59.0 cm³/mol. The van der Waals surface area contributed by atoms with Gasteiger partial charge in [-0.15, -0.1) is 0 Å². The summed E-state index contributed by atoms with van der Waals surface area (Å²) in [6, 6.07) is 10.5. The quantitative estimate of drug-likeness (QED) is 0.699. The standard InChI is InChI=1S/C11H11NOS/c1-2-4-8(5-3-1)11-12-9-6-14-7-10(9)13-11/h1-5,9-10H,6-7H2/t9-,10+/m1/s1. The van der Waals surface area contributed by atoms with Gasteiger partial charge in [-0.05, 0) is 12.1 Å². The predicted octanol–water partition coefficient (Wildman–Crippen LogP) is 1.95. The lowest BCUT2D eigenvalue weighted by molar-refractivity contribution is 0.232. The largest absolute Gasteiger partial charge is 0.471 e. The van der Waals surface area contributed by atoms with Gasteiger partial charge in [0.15, 0.2) is 0 Å². The molecule has 3 heteroatoms. The molecule has 1 fully saturated rings. The van der Waals surface area contributed by atoms with Gasteiger partial charge < -0.3 is 4.74 Å². The molecular formula is C11H11NOS. The third-order valence-electron chi connectivity index (χ3n) is 2.57. The average Bonchev–Trinajstić information content (AvgIpc) is 2.78. The number of aliphatic imine (C=N–C) groups is 1. The third kappa shape index (κ3) is 1.32. The molecule has 0 spiro atoms. The highest BCUT2D eigenvalue weighted by atomic mass is 32.2. The van der Waals surface area contributed by atoms with E-state index >= 15 is 0 Å². The van der Waals surface area contributed by atoms with Gasteiger partial charge in [-0.1, -0.05) is 18.2 Å². The third-order valence-corrected chi connectivity index (χ3v) is 3.71. The number of nitrogens with zero attached hydrogens (tertiary/aromatic N) is 1. The highest BCUT2D eigenvalue weighted by Crippen LogP contribution is 2.29. The molecular weight excluding hydrogens is 194 g/mol. The minimum absolute atomic E-state index is 0.329. The molecule has 0 unspecified atom stereocenters. The molecule has 1 aromatic carbocycles. The summed E-state index contributed by atoms with van der Waals surface area (Å²) in [4.78, 5) is 4.59. The van der Waals surface area contributed by atoms with Crippen molar-refractivity contribution < 1.29 is 4.74 Å². The summed E-state index contributed by atoms with van der Waals surface area (Å²) < 4.78 is 5.80. The molecule has 0 aliphatic carbocycles. The van der Waals surface area contributed by atoms with Crippen LogP contribution in [-0.4, -0.2) is 29.5 Å². The summed E-state index contributed by atoms with van der Waals surface area (Å²) in [5.74, 6) is 3.03. The van der Waals surface area contributed by atoms with Crippen molar-refractivity contribution in [3.63, 3.8) is 0 Å². The second kappa shape index (κ2) is 3.31. The lowest BCUT2D eigenvalue weighted by Gasteiger charge is -2.07. The van der Waals surface area contributed by atoms with Crippen LogP contribution in [0.25, 0.3) is 0 Å². The van der Waals surface area contributed by atoms with E-state index in [2.05, 4.69) is 4.99 Å². The first-order valence-electron chi connectivity index (χ1n) is 4.81. The Morgan fingerprint density at radius 3 is 2.86 bits per heavy atom. The van der Waals surface area contributed by atoms with E-state index in [0.717, 1.165) is 23.0 Å². The van der Waals surface area contributed by atoms with Gasteiger partial charge in [0.25, 0.3) is 0 Å². The van der Waals surface area contributed by atoms with E-state index in [0.29, 0.717) is 12.1 Å². The molecule has 3 rings (SSSR count). The van der Waals surface area contributed by atoms with Crippen LogP contribution in [0.2, 0.25) is 0 Å². The summed E-state index contributed by atoms with van der Waals surface area (Å²) in [7, 11) is 0. The number of hydrogen-bond donors (Lipinski definition) is 0. The Morgan fingerprint density at radius 1 is 1.21 bits per heavy atom. The minimum Gasteiger partial charge on any atom is -0.471 e. The second-order valence-electron chi connectivity index (χ2n) is 3.56. The molecule has 0 saturated carbocycles. The number of fused-ring (bicyclic) bond motifs is 1. The lowest BCUT2D eigenvalue weighted by atomic mass is 10.2. The molecule has 0 N–H and O–H groups in total. The molecule has 14 heavy (non-hydrogen) atoms. The maximum atomic E-state index is 5.80. The number of hydrogen-bond acceptors (Lipinski definition) is 3. The Hall–Kier alpha value is -0.960. The molecule has 72 valence electrons. The van der Waals surface area contributed by atoms with Crippen molar-refractivity contribution >= 4 is 17.7 Å². The summed E-state index contributed by atoms with van der Waals surface area (Å²) >= 11 is 1.93. The Bertz CT molecular complexity index is 363. The van der Waals surface area contributed by atoms with Gasteiger partial charge in [0.05, 0.1) is 0 Å². The van der Waals surface area contributed by atoms with Gasteiger partial charge in [-0.2, -0.15) is 11.8 Å². The zero-order valence-corrected chi connectivity index (χ0v) is 8.54. The Kier molecular flexibility index (Phi) is 1.98. The van der Waals surface area contributed by atoms with E-state index in [-0.39, 0.29) is 0 Å². The Morgan fingerprint density at radius 2 is 2.07 bits per heavy atom. The molecule has 1 saturated heterocycles. The molecule has 2 aliphatic rings. The normalized spacial score (nSPS) is 29.6. The monoisotopic (exact) mass is 205 g/mol. The van der Waals surface area contributed by atoms with Crippen LogP contribution < -0.4 is 0 Å². The van der Waals surface area contributed by atoms with Gasteiger partial charge in [0.2, 0.25) is 5.90 Å². The highest BCUT2D eigenvalue weighted by Gasteiger charge is 2.35. The summed E-state index contributed by atoms with van der Waals surface area (Å²) in [5, 5.41) is 0. The smallest absolute Gasteiger partial charge is 0.216 e. The maximum absolute atomic E-state index is 5.80. The van der Waals surface area contributed by atoms with Crippen LogP contribution in [0.3, 0.4) is 0 Å². The zero-order valence-electron chi connectivity index (χ0n) is 7.72. The fourth-order valence-electron chi connectivity index (χ4n) is 1.80. The van der Waals surface area contributed by atoms with Gasteiger partial charge in [0.1, 0.15) is 12.1 Å². The fraction of sp³-hybridized carbons (Fsp3) is 0.364. The van der Waals surface area contributed by atoms with E-state index in [1.807, 2.05) is 42.1 Å². The van der Waals surface area contributed by atoms with E-state index in [9.17, 15) is 0 Å². The van der Waals surface area contributed by atoms with Crippen LogP contribution in [0, 0.1) is 0 Å². The van der Waals surface area contributed by atoms with E-state index in [1.165, 1.54) is 0 Å². The van der Waals surface area contributed by atoms with Crippen molar-refractivity contribution in [3.05, 3.63) is 35.9 Å². The van der Waals surface area contributed by atoms with E-state index < -0.39 is 0 Å². The van der Waals surface area contributed by atoms with Crippen LogP contribution >= 0.6 is 11.8 Å².